The maximum atomic E-state index is 12.0. The fourth-order valence-corrected chi connectivity index (χ4v) is 2.89. The summed E-state index contributed by atoms with van der Waals surface area (Å²) in [5.41, 5.74) is 1.38. The standard InChI is InChI=1S/C17H23NO3/c1-12(17(20)21)14-7-4-8-15(11-14)18-16(19)10-9-13-5-2-3-6-13/h4,7-8,11-13H,2-3,5-6,9-10H2,1H3,(H,18,19)(H,20,21). The van der Waals surface area contributed by atoms with Crippen LogP contribution in [-0.4, -0.2) is 17.0 Å². The number of hydrogen-bond donors (Lipinski definition) is 2. The van der Waals surface area contributed by atoms with E-state index in [2.05, 4.69) is 5.32 Å². The van der Waals surface area contributed by atoms with Gasteiger partial charge in [-0.05, 0) is 37.0 Å². The largest absolute Gasteiger partial charge is 0.481 e. The lowest BCUT2D eigenvalue weighted by molar-refractivity contribution is -0.138. The predicted molar refractivity (Wildman–Crippen MR) is 82.3 cm³/mol. The second kappa shape index (κ2) is 7.25. The van der Waals surface area contributed by atoms with E-state index in [9.17, 15) is 9.59 Å². The molecule has 1 aliphatic rings. The highest BCUT2D eigenvalue weighted by molar-refractivity contribution is 5.91. The van der Waals surface area contributed by atoms with E-state index >= 15 is 0 Å². The quantitative estimate of drug-likeness (QED) is 0.837. The van der Waals surface area contributed by atoms with Crippen molar-refractivity contribution < 1.29 is 14.7 Å². The van der Waals surface area contributed by atoms with Gasteiger partial charge in [0.25, 0.3) is 0 Å². The van der Waals surface area contributed by atoms with E-state index in [1.165, 1.54) is 25.7 Å². The fourth-order valence-electron chi connectivity index (χ4n) is 2.89. The van der Waals surface area contributed by atoms with E-state index in [1.807, 2.05) is 0 Å². The molecule has 21 heavy (non-hydrogen) atoms. The van der Waals surface area contributed by atoms with Crippen molar-refractivity contribution in [2.75, 3.05) is 5.32 Å². The maximum absolute atomic E-state index is 12.0. The number of nitrogens with one attached hydrogen (secondary N) is 1. The van der Waals surface area contributed by atoms with Crippen LogP contribution in [0.2, 0.25) is 0 Å². The van der Waals surface area contributed by atoms with Crippen LogP contribution in [-0.2, 0) is 9.59 Å². The van der Waals surface area contributed by atoms with E-state index in [-0.39, 0.29) is 5.91 Å². The molecule has 1 aromatic carbocycles. The Morgan fingerprint density at radius 1 is 1.33 bits per heavy atom. The molecule has 0 heterocycles. The van der Waals surface area contributed by atoms with Gasteiger partial charge in [-0.3, -0.25) is 9.59 Å². The number of amides is 1. The van der Waals surface area contributed by atoms with Crippen molar-refractivity contribution in [3.05, 3.63) is 29.8 Å². The molecule has 1 atom stereocenters. The van der Waals surface area contributed by atoms with Crippen LogP contribution < -0.4 is 5.32 Å². The number of carbonyl (C=O) groups excluding carboxylic acids is 1. The summed E-state index contributed by atoms with van der Waals surface area (Å²) in [6.07, 6.45) is 6.58. The highest BCUT2D eigenvalue weighted by Gasteiger charge is 2.17. The minimum Gasteiger partial charge on any atom is -0.481 e. The first kappa shape index (κ1) is 15.5. The number of carbonyl (C=O) groups is 2. The maximum Gasteiger partial charge on any atom is 0.310 e. The molecule has 0 saturated heterocycles. The summed E-state index contributed by atoms with van der Waals surface area (Å²) in [6, 6.07) is 7.09. The number of benzene rings is 1. The molecule has 1 amide bonds. The molecule has 0 bridgehead atoms. The van der Waals surface area contributed by atoms with E-state index in [0.717, 1.165) is 6.42 Å². The number of rotatable bonds is 6. The minimum absolute atomic E-state index is 0.0158. The number of carboxylic acids is 1. The van der Waals surface area contributed by atoms with Gasteiger partial charge in [-0.2, -0.15) is 0 Å². The molecule has 1 aromatic rings. The summed E-state index contributed by atoms with van der Waals surface area (Å²) in [5, 5.41) is 11.9. The monoisotopic (exact) mass is 289 g/mol. The topological polar surface area (TPSA) is 66.4 Å². The van der Waals surface area contributed by atoms with Crippen LogP contribution in [0.15, 0.2) is 24.3 Å². The predicted octanol–water partition coefficient (Wildman–Crippen LogP) is 3.78. The lowest BCUT2D eigenvalue weighted by Crippen LogP contribution is -2.13. The van der Waals surface area contributed by atoms with Gasteiger partial charge in [-0.15, -0.1) is 0 Å². The van der Waals surface area contributed by atoms with E-state index < -0.39 is 11.9 Å². The first-order chi connectivity index (χ1) is 10.1. The molecule has 1 unspecified atom stereocenters. The van der Waals surface area contributed by atoms with Gasteiger partial charge in [-0.1, -0.05) is 37.8 Å². The zero-order chi connectivity index (χ0) is 15.2. The van der Waals surface area contributed by atoms with Crippen molar-refractivity contribution in [2.45, 2.75) is 51.4 Å². The Morgan fingerprint density at radius 3 is 2.71 bits per heavy atom. The Balaban J connectivity index is 1.88. The third kappa shape index (κ3) is 4.59. The van der Waals surface area contributed by atoms with Crippen LogP contribution in [0.3, 0.4) is 0 Å². The van der Waals surface area contributed by atoms with Gasteiger partial charge in [-0.25, -0.2) is 0 Å². The summed E-state index contributed by atoms with van der Waals surface area (Å²) in [7, 11) is 0. The molecule has 1 fully saturated rings. The Bertz CT molecular complexity index is 507. The van der Waals surface area contributed by atoms with Gasteiger partial charge in [0.05, 0.1) is 5.92 Å². The Morgan fingerprint density at radius 2 is 2.05 bits per heavy atom. The summed E-state index contributed by atoms with van der Waals surface area (Å²) in [6.45, 7) is 1.64. The lowest BCUT2D eigenvalue weighted by atomic mass is 10.0. The van der Waals surface area contributed by atoms with E-state index in [4.69, 9.17) is 5.11 Å². The molecule has 2 N–H and O–H groups in total. The molecule has 0 radical (unpaired) electrons. The molecule has 0 spiro atoms. The van der Waals surface area contributed by atoms with Crippen LogP contribution in [0.1, 0.15) is 56.9 Å². The smallest absolute Gasteiger partial charge is 0.310 e. The minimum atomic E-state index is -0.861. The van der Waals surface area contributed by atoms with E-state index in [0.29, 0.717) is 23.6 Å². The van der Waals surface area contributed by atoms with Crippen LogP contribution in [0, 0.1) is 5.92 Å². The van der Waals surface area contributed by atoms with Gasteiger partial charge in [0.1, 0.15) is 0 Å². The summed E-state index contributed by atoms with van der Waals surface area (Å²) in [4.78, 5) is 23.0. The number of anilines is 1. The number of hydrogen-bond acceptors (Lipinski definition) is 2. The third-order valence-electron chi connectivity index (χ3n) is 4.30. The Kier molecular flexibility index (Phi) is 5.37. The molecule has 4 heteroatoms. The van der Waals surface area contributed by atoms with Crippen molar-refractivity contribution in [3.8, 4) is 0 Å². The number of carboxylic acid groups (broad SMARTS) is 1. The molecule has 1 saturated carbocycles. The van der Waals surface area contributed by atoms with Crippen molar-refractivity contribution in [1.82, 2.24) is 0 Å². The molecular formula is C17H23NO3. The average molecular weight is 289 g/mol. The summed E-state index contributed by atoms with van der Waals surface area (Å²) in [5.74, 6) is -0.712. The van der Waals surface area contributed by atoms with Crippen LogP contribution in [0.5, 0.6) is 0 Å². The molecule has 4 nitrogen and oxygen atoms in total. The lowest BCUT2D eigenvalue weighted by Gasteiger charge is -2.11. The van der Waals surface area contributed by atoms with Crippen molar-refractivity contribution in [2.24, 2.45) is 5.92 Å². The summed E-state index contributed by atoms with van der Waals surface area (Å²) < 4.78 is 0. The number of aliphatic carboxylic acids is 1. The van der Waals surface area contributed by atoms with Crippen molar-refractivity contribution in [1.29, 1.82) is 0 Å². The Hall–Kier alpha value is -1.84. The average Bonchev–Trinajstić information content (AvgIpc) is 2.98. The van der Waals surface area contributed by atoms with Gasteiger partial charge < -0.3 is 10.4 Å². The van der Waals surface area contributed by atoms with E-state index in [1.54, 1.807) is 31.2 Å². The molecule has 2 rings (SSSR count). The summed E-state index contributed by atoms with van der Waals surface area (Å²) >= 11 is 0. The van der Waals surface area contributed by atoms with Gasteiger partial charge in [0, 0.05) is 12.1 Å². The van der Waals surface area contributed by atoms with Crippen LogP contribution in [0.25, 0.3) is 0 Å². The second-order valence-electron chi connectivity index (χ2n) is 5.92. The molecule has 0 aliphatic heterocycles. The Labute approximate surface area is 125 Å². The van der Waals surface area contributed by atoms with Gasteiger partial charge in [0.15, 0.2) is 0 Å². The zero-order valence-electron chi connectivity index (χ0n) is 12.5. The molecular weight excluding hydrogens is 266 g/mol. The zero-order valence-corrected chi connectivity index (χ0v) is 12.5. The van der Waals surface area contributed by atoms with Crippen LogP contribution in [0.4, 0.5) is 5.69 Å². The molecule has 114 valence electrons. The van der Waals surface area contributed by atoms with Gasteiger partial charge >= 0.3 is 5.97 Å². The first-order valence-corrected chi connectivity index (χ1v) is 7.69. The normalized spacial score (nSPS) is 16.6. The first-order valence-electron chi connectivity index (χ1n) is 7.69. The SMILES string of the molecule is CC(C(=O)O)c1cccc(NC(=O)CCC2CCCC2)c1. The van der Waals surface area contributed by atoms with Gasteiger partial charge in [0.2, 0.25) is 5.91 Å². The van der Waals surface area contributed by atoms with Crippen molar-refractivity contribution in [3.63, 3.8) is 0 Å². The fraction of sp³-hybridized carbons (Fsp3) is 0.529. The third-order valence-corrected chi connectivity index (χ3v) is 4.30. The molecule has 1 aliphatic carbocycles. The molecule has 0 aromatic heterocycles. The second-order valence-corrected chi connectivity index (χ2v) is 5.92. The van der Waals surface area contributed by atoms with Crippen molar-refractivity contribution >= 4 is 17.6 Å². The van der Waals surface area contributed by atoms with Crippen LogP contribution >= 0.6 is 0 Å². The highest BCUT2D eigenvalue weighted by Crippen LogP contribution is 2.28. The highest BCUT2D eigenvalue weighted by atomic mass is 16.4.